The van der Waals surface area contributed by atoms with Gasteiger partial charge in [0.2, 0.25) is 0 Å². The van der Waals surface area contributed by atoms with Crippen LogP contribution in [0.2, 0.25) is 0 Å². The molecule has 256 valence electrons. The van der Waals surface area contributed by atoms with E-state index in [0.717, 1.165) is 18.7 Å². The number of hydrogen-bond donors (Lipinski definition) is 0. The predicted octanol–water partition coefficient (Wildman–Crippen LogP) is 10.3. The fraction of sp³-hybridized carbons (Fsp3) is 0.0588. The average molecular weight is 719 g/mol. The summed E-state index contributed by atoms with van der Waals surface area (Å²) < 4.78 is 0. The van der Waals surface area contributed by atoms with Crippen LogP contribution in [-0.4, -0.2) is 0 Å². The molecule has 8 aromatic rings. The van der Waals surface area contributed by atoms with Crippen LogP contribution in [0.3, 0.4) is 0 Å². The zero-order chi connectivity index (χ0) is 35.8. The van der Waals surface area contributed by atoms with Crippen LogP contribution in [0.5, 0.6) is 0 Å². The highest BCUT2D eigenvalue weighted by Gasteiger charge is 2.46. The van der Waals surface area contributed by atoms with E-state index in [1.165, 1.54) is 54.1 Å². The van der Waals surface area contributed by atoms with Crippen LogP contribution < -0.4 is 31.8 Å². The molecule has 0 saturated heterocycles. The van der Waals surface area contributed by atoms with Crippen LogP contribution in [0.25, 0.3) is 0 Å². The van der Waals surface area contributed by atoms with Crippen molar-refractivity contribution < 1.29 is 0 Å². The van der Waals surface area contributed by atoms with Crippen LogP contribution in [0, 0.1) is 0 Å². The summed E-state index contributed by atoms with van der Waals surface area (Å²) in [5, 5.41) is 8.50. The van der Waals surface area contributed by atoms with Crippen LogP contribution in [-0.2, 0) is 18.7 Å². The van der Waals surface area contributed by atoms with Gasteiger partial charge in [-0.05, 0) is 101 Å². The van der Waals surface area contributed by atoms with Crippen molar-refractivity contribution in [2.45, 2.75) is 18.7 Å². The first-order valence-electron chi connectivity index (χ1n) is 18.5. The Morgan fingerprint density at radius 3 is 0.604 bits per heavy atom. The number of rotatable bonds is 12. The van der Waals surface area contributed by atoms with E-state index in [-0.39, 0.29) is 0 Å². The molecule has 0 fully saturated rings. The van der Waals surface area contributed by atoms with Crippen molar-refractivity contribution in [2.75, 3.05) is 0 Å². The van der Waals surface area contributed by atoms with Gasteiger partial charge in [-0.3, -0.25) is 0 Å². The van der Waals surface area contributed by atoms with Crippen molar-refractivity contribution in [3.8, 4) is 0 Å². The van der Waals surface area contributed by atoms with E-state index in [1.807, 2.05) is 0 Å². The van der Waals surface area contributed by atoms with Crippen molar-refractivity contribution in [1.29, 1.82) is 0 Å². The highest BCUT2D eigenvalue weighted by molar-refractivity contribution is 7.95. The normalized spacial score (nSPS) is 11.6. The maximum atomic E-state index is 2.37. The second-order valence-electron chi connectivity index (χ2n) is 13.8. The Labute approximate surface area is 316 Å². The molecule has 0 aliphatic heterocycles. The standard InChI is InChI=1S/C51H44P2/c1-7-19-46(20-8-1)52(47-21-9-2-10-22-47,48-23-11-3-12-24-48)40-44-35-31-42(32-36-44)39-43-33-37-45(38-34-43)41-53(49-25-13-4-14-26-49,50-27-15-5-16-28-50)51-29-17-6-18-30-51/h1-38H,39-41H2/q+2. The van der Waals surface area contributed by atoms with Gasteiger partial charge in [-0.2, -0.15) is 0 Å². The molecule has 8 aromatic carbocycles. The molecule has 0 bridgehead atoms. The van der Waals surface area contributed by atoms with Gasteiger partial charge in [-0.25, -0.2) is 0 Å². The zero-order valence-corrected chi connectivity index (χ0v) is 31.7. The largest absolute Gasteiger partial charge is 0.116 e. The monoisotopic (exact) mass is 718 g/mol. The van der Waals surface area contributed by atoms with E-state index in [2.05, 4.69) is 231 Å². The highest BCUT2D eigenvalue weighted by Crippen LogP contribution is 2.59. The molecular weight excluding hydrogens is 675 g/mol. The summed E-state index contributed by atoms with van der Waals surface area (Å²) in [5.41, 5.74) is 5.42. The Kier molecular flexibility index (Phi) is 10.5. The first kappa shape index (κ1) is 34.7. The molecule has 0 saturated carbocycles. The van der Waals surface area contributed by atoms with Crippen LogP contribution in [0.1, 0.15) is 22.3 Å². The summed E-state index contributed by atoms with van der Waals surface area (Å²) in [6, 6.07) is 85.9. The molecule has 0 aliphatic rings. The van der Waals surface area contributed by atoms with Gasteiger partial charge in [0.1, 0.15) is 46.4 Å². The first-order valence-corrected chi connectivity index (χ1v) is 22.4. The minimum atomic E-state index is -1.94. The van der Waals surface area contributed by atoms with Gasteiger partial charge in [0.25, 0.3) is 0 Å². The Balaban J connectivity index is 1.07. The topological polar surface area (TPSA) is 0 Å². The van der Waals surface area contributed by atoms with E-state index >= 15 is 0 Å². The molecule has 0 spiro atoms. The van der Waals surface area contributed by atoms with Gasteiger partial charge in [0.05, 0.1) is 12.3 Å². The Morgan fingerprint density at radius 2 is 0.396 bits per heavy atom. The summed E-state index contributed by atoms with van der Waals surface area (Å²) in [4.78, 5) is 0. The number of hydrogen-bond acceptors (Lipinski definition) is 0. The van der Waals surface area contributed by atoms with Crippen molar-refractivity contribution in [3.05, 3.63) is 253 Å². The molecule has 0 heterocycles. The summed E-state index contributed by atoms with van der Waals surface area (Å²) in [6.07, 6.45) is 2.87. The summed E-state index contributed by atoms with van der Waals surface area (Å²) in [6.45, 7) is 0. The maximum absolute atomic E-state index is 2.37. The van der Waals surface area contributed by atoms with Crippen LogP contribution in [0.15, 0.2) is 231 Å². The van der Waals surface area contributed by atoms with Gasteiger partial charge in [0, 0.05) is 0 Å². The zero-order valence-electron chi connectivity index (χ0n) is 30.0. The summed E-state index contributed by atoms with van der Waals surface area (Å²) in [7, 11) is -3.89. The van der Waals surface area contributed by atoms with Crippen LogP contribution in [0.4, 0.5) is 0 Å². The molecule has 8 rings (SSSR count). The fourth-order valence-electron chi connectivity index (χ4n) is 7.85. The van der Waals surface area contributed by atoms with Crippen molar-refractivity contribution in [3.63, 3.8) is 0 Å². The van der Waals surface area contributed by atoms with Crippen molar-refractivity contribution in [1.82, 2.24) is 0 Å². The molecule has 53 heavy (non-hydrogen) atoms. The lowest BCUT2D eigenvalue weighted by Crippen LogP contribution is -2.32. The van der Waals surface area contributed by atoms with Crippen molar-refractivity contribution in [2.24, 2.45) is 0 Å². The molecule has 0 amide bonds. The van der Waals surface area contributed by atoms with Gasteiger partial charge in [0.15, 0.2) is 0 Å². The lowest BCUT2D eigenvalue weighted by atomic mass is 10.0. The molecule has 0 aromatic heterocycles. The molecule has 2 heteroatoms. The second kappa shape index (κ2) is 16.1. The third-order valence-corrected chi connectivity index (χ3v) is 19.2. The minimum absolute atomic E-state index is 0.910. The van der Waals surface area contributed by atoms with E-state index in [1.54, 1.807) is 0 Å². The van der Waals surface area contributed by atoms with Gasteiger partial charge in [-0.15, -0.1) is 0 Å². The fourth-order valence-corrected chi connectivity index (χ4v) is 16.3. The lowest BCUT2D eigenvalue weighted by Gasteiger charge is -2.28. The second-order valence-corrected chi connectivity index (χ2v) is 20.7. The van der Waals surface area contributed by atoms with Crippen LogP contribution >= 0.6 is 14.5 Å². The average Bonchev–Trinajstić information content (AvgIpc) is 3.25. The third kappa shape index (κ3) is 7.32. The quantitative estimate of drug-likeness (QED) is 0.110. The van der Waals surface area contributed by atoms with Gasteiger partial charge >= 0.3 is 0 Å². The molecule has 0 radical (unpaired) electrons. The van der Waals surface area contributed by atoms with E-state index in [0.29, 0.717) is 0 Å². The van der Waals surface area contributed by atoms with E-state index in [4.69, 9.17) is 0 Å². The Bertz CT molecular complexity index is 1940. The lowest BCUT2D eigenvalue weighted by molar-refractivity contribution is 1.17. The summed E-state index contributed by atoms with van der Waals surface area (Å²) >= 11 is 0. The maximum Gasteiger partial charge on any atom is 0.116 e. The Morgan fingerprint density at radius 1 is 0.208 bits per heavy atom. The third-order valence-electron chi connectivity index (χ3n) is 10.5. The molecule has 0 aliphatic carbocycles. The smallest absolute Gasteiger partial charge is 0.0620 e. The SMILES string of the molecule is c1ccc([P+](Cc2ccc(Cc3ccc(C[P+](c4ccccc4)(c4ccccc4)c4ccccc4)cc3)cc2)(c2ccccc2)c2ccccc2)cc1. The highest BCUT2D eigenvalue weighted by atomic mass is 31.2. The molecule has 0 nitrogen and oxygen atoms in total. The first-order chi connectivity index (χ1) is 26.2. The van der Waals surface area contributed by atoms with Gasteiger partial charge < -0.3 is 0 Å². The van der Waals surface area contributed by atoms with Gasteiger partial charge in [-0.1, -0.05) is 158 Å². The number of benzene rings is 8. The van der Waals surface area contributed by atoms with E-state index < -0.39 is 14.5 Å². The predicted molar refractivity (Wildman–Crippen MR) is 233 cm³/mol. The van der Waals surface area contributed by atoms with Crippen molar-refractivity contribution >= 4 is 46.4 Å². The molecule has 0 unspecified atom stereocenters. The molecule has 0 N–H and O–H groups in total. The summed E-state index contributed by atoms with van der Waals surface area (Å²) in [5.74, 6) is 0. The Hall–Kier alpha value is -5.38. The molecule has 0 atom stereocenters. The minimum Gasteiger partial charge on any atom is -0.0620 e. The molecular formula is C51H44P2+2. The van der Waals surface area contributed by atoms with E-state index in [9.17, 15) is 0 Å².